The third-order valence-corrected chi connectivity index (χ3v) is 8.61. The molecule has 0 saturated carbocycles. The molecule has 1 aliphatic heterocycles. The Morgan fingerprint density at radius 1 is 1.17 bits per heavy atom. The van der Waals surface area contributed by atoms with Crippen molar-refractivity contribution in [2.24, 2.45) is 5.92 Å². The van der Waals surface area contributed by atoms with Crippen molar-refractivity contribution < 1.29 is 17.9 Å². The Morgan fingerprint density at radius 2 is 1.86 bits per heavy atom. The summed E-state index contributed by atoms with van der Waals surface area (Å²) in [5, 5.41) is 12.4. The van der Waals surface area contributed by atoms with Crippen molar-refractivity contribution in [3.05, 3.63) is 59.7 Å². The molecule has 3 rings (SSSR count). The van der Waals surface area contributed by atoms with Crippen molar-refractivity contribution >= 4 is 15.9 Å². The molecule has 35 heavy (non-hydrogen) atoms. The highest BCUT2D eigenvalue weighted by molar-refractivity contribution is 7.89. The second-order valence-corrected chi connectivity index (χ2v) is 10.5. The zero-order chi connectivity index (χ0) is 25.4. The fourth-order valence-electron chi connectivity index (χ4n) is 4.59. The molecule has 9 heteroatoms. The number of amides is 1. The number of hydrogen-bond donors (Lipinski definition) is 1. The molecule has 1 fully saturated rings. The maximum absolute atomic E-state index is 13.1. The lowest BCUT2D eigenvalue weighted by atomic mass is 9.97. The number of rotatable bonds is 10. The number of benzene rings is 2. The van der Waals surface area contributed by atoms with Gasteiger partial charge in [0.05, 0.1) is 23.6 Å². The number of carbonyl (C=O) groups excluding carboxylic acids is 1. The Labute approximate surface area is 208 Å². The van der Waals surface area contributed by atoms with E-state index in [1.165, 1.54) is 16.4 Å². The molecule has 1 saturated heterocycles. The van der Waals surface area contributed by atoms with Crippen LogP contribution in [-0.4, -0.2) is 63.4 Å². The number of sulfonamides is 1. The lowest BCUT2D eigenvalue weighted by Gasteiger charge is -2.33. The summed E-state index contributed by atoms with van der Waals surface area (Å²) in [6.07, 6.45) is 0.879. The maximum Gasteiger partial charge on any atom is 0.244 e. The normalized spacial score (nSPS) is 16.0. The second-order valence-electron chi connectivity index (χ2n) is 8.55. The van der Waals surface area contributed by atoms with Gasteiger partial charge in [-0.05, 0) is 55.8 Å². The molecule has 0 radical (unpaired) electrons. The van der Waals surface area contributed by atoms with Gasteiger partial charge in [0.2, 0.25) is 15.9 Å². The number of piperidine rings is 1. The van der Waals surface area contributed by atoms with E-state index in [1.54, 1.807) is 19.2 Å². The average molecular weight is 499 g/mol. The van der Waals surface area contributed by atoms with Crippen LogP contribution in [0, 0.1) is 17.2 Å². The first-order chi connectivity index (χ1) is 16.8. The van der Waals surface area contributed by atoms with Gasteiger partial charge in [-0.3, -0.25) is 9.69 Å². The minimum Gasteiger partial charge on any atom is -0.497 e. The third kappa shape index (κ3) is 6.20. The maximum atomic E-state index is 13.1. The van der Waals surface area contributed by atoms with Crippen LogP contribution in [0.4, 0.5) is 0 Å². The van der Waals surface area contributed by atoms with E-state index in [0.717, 1.165) is 24.4 Å². The number of carbonyl (C=O) groups is 1. The van der Waals surface area contributed by atoms with Gasteiger partial charge >= 0.3 is 0 Å². The van der Waals surface area contributed by atoms with Crippen molar-refractivity contribution in [2.45, 2.75) is 37.6 Å². The van der Waals surface area contributed by atoms with Gasteiger partial charge in [0, 0.05) is 25.6 Å². The summed E-state index contributed by atoms with van der Waals surface area (Å²) in [6, 6.07) is 16.1. The molecule has 8 nitrogen and oxygen atoms in total. The first-order valence-corrected chi connectivity index (χ1v) is 13.4. The molecule has 2 aromatic rings. The van der Waals surface area contributed by atoms with Crippen LogP contribution in [0.25, 0.3) is 0 Å². The molecular formula is C26H34N4O4S. The standard InChI is InChI=1S/C26H34N4O4S/c1-4-29(5-2)24(21-10-8-11-23(17-21)34-3)19-28-26(31)20-13-15-30(16-14-20)35(32,33)25-12-7-6-9-22(25)18-27/h6-12,17,20,24H,4-5,13-16,19H2,1-3H3,(H,28,31). The Kier molecular flexibility index (Phi) is 9.26. The van der Waals surface area contributed by atoms with E-state index in [1.807, 2.05) is 30.3 Å². The van der Waals surface area contributed by atoms with Crippen LogP contribution in [0.5, 0.6) is 5.75 Å². The number of hydrogen-bond acceptors (Lipinski definition) is 6. The predicted octanol–water partition coefficient (Wildman–Crippen LogP) is 3.17. The van der Waals surface area contributed by atoms with Gasteiger partial charge in [-0.15, -0.1) is 0 Å². The lowest BCUT2D eigenvalue weighted by molar-refractivity contribution is -0.126. The van der Waals surface area contributed by atoms with Gasteiger partial charge in [0.25, 0.3) is 0 Å². The minimum absolute atomic E-state index is 0.00648. The lowest BCUT2D eigenvalue weighted by Crippen LogP contribution is -2.45. The van der Waals surface area contributed by atoms with Crippen LogP contribution >= 0.6 is 0 Å². The summed E-state index contributed by atoms with van der Waals surface area (Å²) in [6.45, 7) is 6.83. The largest absolute Gasteiger partial charge is 0.497 e. The molecular weight excluding hydrogens is 464 g/mol. The van der Waals surface area contributed by atoms with Crippen molar-refractivity contribution in [1.82, 2.24) is 14.5 Å². The van der Waals surface area contributed by atoms with E-state index in [2.05, 4.69) is 24.1 Å². The van der Waals surface area contributed by atoms with Gasteiger partial charge in [0.1, 0.15) is 11.8 Å². The Morgan fingerprint density at radius 3 is 2.49 bits per heavy atom. The Balaban J connectivity index is 1.64. The molecule has 1 aliphatic rings. The number of likely N-dealkylation sites (N-methyl/N-ethyl adjacent to an activating group) is 1. The molecule has 1 amide bonds. The highest BCUT2D eigenvalue weighted by Crippen LogP contribution is 2.27. The van der Waals surface area contributed by atoms with Crippen LogP contribution in [-0.2, 0) is 14.8 Å². The molecule has 1 unspecified atom stereocenters. The average Bonchev–Trinajstić information content (AvgIpc) is 2.90. The molecule has 0 aliphatic carbocycles. The van der Waals surface area contributed by atoms with Gasteiger partial charge in [-0.25, -0.2) is 8.42 Å². The van der Waals surface area contributed by atoms with Gasteiger partial charge < -0.3 is 10.1 Å². The molecule has 188 valence electrons. The van der Waals surface area contributed by atoms with Crippen LogP contribution in [0.1, 0.15) is 43.9 Å². The van der Waals surface area contributed by atoms with Crippen molar-refractivity contribution in [2.75, 3.05) is 39.8 Å². The van der Waals surface area contributed by atoms with E-state index in [9.17, 15) is 18.5 Å². The van der Waals surface area contributed by atoms with Gasteiger partial charge in [-0.2, -0.15) is 9.57 Å². The molecule has 1 heterocycles. The highest BCUT2D eigenvalue weighted by Gasteiger charge is 2.33. The van der Waals surface area contributed by atoms with Crippen LogP contribution in [0.15, 0.2) is 53.4 Å². The minimum atomic E-state index is -3.78. The zero-order valence-electron chi connectivity index (χ0n) is 20.6. The summed E-state index contributed by atoms with van der Waals surface area (Å²) in [5.41, 5.74) is 1.21. The summed E-state index contributed by atoms with van der Waals surface area (Å²) in [5.74, 6) is 0.465. The topological polar surface area (TPSA) is 103 Å². The fraction of sp³-hybridized carbons (Fsp3) is 0.462. The van der Waals surface area contributed by atoms with Gasteiger partial charge in [0.15, 0.2) is 0 Å². The summed E-state index contributed by atoms with van der Waals surface area (Å²) in [4.78, 5) is 15.3. The van der Waals surface area contributed by atoms with Crippen LogP contribution in [0.3, 0.4) is 0 Å². The van der Waals surface area contributed by atoms with E-state index >= 15 is 0 Å². The van der Waals surface area contributed by atoms with Crippen LogP contribution in [0.2, 0.25) is 0 Å². The monoisotopic (exact) mass is 498 g/mol. The number of nitrogens with zero attached hydrogens (tertiary/aromatic N) is 3. The van der Waals surface area contributed by atoms with E-state index < -0.39 is 10.0 Å². The first kappa shape index (κ1) is 26.7. The van der Waals surface area contributed by atoms with Gasteiger partial charge in [-0.1, -0.05) is 38.1 Å². The molecule has 1 atom stereocenters. The summed E-state index contributed by atoms with van der Waals surface area (Å²) < 4.78 is 32.9. The molecule has 1 N–H and O–H groups in total. The Hall–Kier alpha value is -2.93. The zero-order valence-corrected chi connectivity index (χ0v) is 21.4. The van der Waals surface area contributed by atoms with E-state index in [0.29, 0.717) is 19.4 Å². The van der Waals surface area contributed by atoms with Crippen molar-refractivity contribution in [1.29, 1.82) is 5.26 Å². The molecule has 2 aromatic carbocycles. The van der Waals surface area contributed by atoms with E-state index in [-0.39, 0.29) is 41.4 Å². The first-order valence-electron chi connectivity index (χ1n) is 12.0. The number of nitriles is 1. The molecule has 0 bridgehead atoms. The quantitative estimate of drug-likeness (QED) is 0.540. The number of methoxy groups -OCH3 is 1. The smallest absolute Gasteiger partial charge is 0.244 e. The van der Waals surface area contributed by atoms with Crippen molar-refractivity contribution in [3.8, 4) is 11.8 Å². The Bertz CT molecular complexity index is 1150. The highest BCUT2D eigenvalue weighted by atomic mass is 32.2. The third-order valence-electron chi connectivity index (χ3n) is 6.65. The van der Waals surface area contributed by atoms with Crippen LogP contribution < -0.4 is 10.1 Å². The molecule has 0 spiro atoms. The summed E-state index contributed by atoms with van der Waals surface area (Å²) in [7, 11) is -2.14. The number of ether oxygens (including phenoxy) is 1. The van der Waals surface area contributed by atoms with E-state index in [4.69, 9.17) is 4.74 Å². The second kappa shape index (κ2) is 12.2. The van der Waals surface area contributed by atoms with Crippen molar-refractivity contribution in [3.63, 3.8) is 0 Å². The number of nitrogens with one attached hydrogen (secondary N) is 1. The summed E-state index contributed by atoms with van der Waals surface area (Å²) >= 11 is 0. The predicted molar refractivity (Wildman–Crippen MR) is 134 cm³/mol. The fourth-order valence-corrected chi connectivity index (χ4v) is 6.21. The SMILES string of the molecule is CCN(CC)C(CNC(=O)C1CCN(S(=O)(=O)c2ccccc2C#N)CC1)c1cccc(OC)c1. The molecule has 0 aromatic heterocycles.